The standard InChI is InChI=1S/C10H13NO2S/c1-10(5-8-3-2-4-14-8)7-11-9(12)6-13-10/h2-4H,5-7H2,1H3,(H,11,12). The van der Waals surface area contributed by atoms with Gasteiger partial charge in [0.25, 0.3) is 0 Å². The van der Waals surface area contributed by atoms with Crippen LogP contribution in [0.3, 0.4) is 0 Å². The third-order valence-corrected chi connectivity index (χ3v) is 3.22. The summed E-state index contributed by atoms with van der Waals surface area (Å²) >= 11 is 1.72. The van der Waals surface area contributed by atoms with Crippen LogP contribution in [-0.2, 0) is 16.0 Å². The molecule has 2 rings (SSSR count). The van der Waals surface area contributed by atoms with Crippen molar-refractivity contribution in [1.29, 1.82) is 0 Å². The van der Waals surface area contributed by atoms with Crippen molar-refractivity contribution in [3.05, 3.63) is 22.4 Å². The number of morpholine rings is 1. The molecule has 1 atom stereocenters. The molecule has 14 heavy (non-hydrogen) atoms. The van der Waals surface area contributed by atoms with E-state index in [1.165, 1.54) is 4.88 Å². The van der Waals surface area contributed by atoms with Crippen molar-refractivity contribution in [2.75, 3.05) is 13.2 Å². The van der Waals surface area contributed by atoms with Crippen LogP contribution < -0.4 is 5.32 Å². The Hall–Kier alpha value is -0.870. The highest BCUT2D eigenvalue weighted by Gasteiger charge is 2.31. The molecule has 0 aliphatic carbocycles. The van der Waals surface area contributed by atoms with Crippen molar-refractivity contribution < 1.29 is 9.53 Å². The van der Waals surface area contributed by atoms with Crippen molar-refractivity contribution in [2.24, 2.45) is 0 Å². The number of hydrogen-bond donors (Lipinski definition) is 1. The van der Waals surface area contributed by atoms with Crippen LogP contribution in [0.1, 0.15) is 11.8 Å². The Kier molecular flexibility index (Phi) is 2.56. The molecular weight excluding hydrogens is 198 g/mol. The van der Waals surface area contributed by atoms with Gasteiger partial charge in [-0.05, 0) is 18.4 Å². The summed E-state index contributed by atoms with van der Waals surface area (Å²) in [6.07, 6.45) is 0.866. The Balaban J connectivity index is 1.99. The molecular formula is C10H13NO2S. The van der Waals surface area contributed by atoms with Crippen LogP contribution in [0, 0.1) is 0 Å². The fourth-order valence-corrected chi connectivity index (χ4v) is 2.40. The molecule has 1 aliphatic rings. The van der Waals surface area contributed by atoms with Crippen molar-refractivity contribution >= 4 is 17.2 Å². The number of amides is 1. The van der Waals surface area contributed by atoms with E-state index in [4.69, 9.17) is 4.74 Å². The summed E-state index contributed by atoms with van der Waals surface area (Å²) in [4.78, 5) is 12.2. The lowest BCUT2D eigenvalue weighted by Gasteiger charge is -2.33. The summed E-state index contributed by atoms with van der Waals surface area (Å²) in [7, 11) is 0. The van der Waals surface area contributed by atoms with Gasteiger partial charge in [0.05, 0.1) is 5.60 Å². The fraction of sp³-hybridized carbons (Fsp3) is 0.500. The monoisotopic (exact) mass is 211 g/mol. The Morgan fingerprint density at radius 1 is 1.71 bits per heavy atom. The van der Waals surface area contributed by atoms with Crippen LogP contribution in [0.2, 0.25) is 0 Å². The zero-order valence-corrected chi connectivity index (χ0v) is 8.89. The second kappa shape index (κ2) is 3.71. The number of nitrogens with one attached hydrogen (secondary N) is 1. The maximum atomic E-state index is 10.9. The highest BCUT2D eigenvalue weighted by atomic mass is 32.1. The third-order valence-electron chi connectivity index (χ3n) is 2.34. The van der Waals surface area contributed by atoms with E-state index in [1.807, 2.05) is 13.0 Å². The first-order valence-electron chi connectivity index (χ1n) is 4.61. The van der Waals surface area contributed by atoms with E-state index < -0.39 is 0 Å². The number of carbonyl (C=O) groups excluding carboxylic acids is 1. The highest BCUT2D eigenvalue weighted by Crippen LogP contribution is 2.22. The largest absolute Gasteiger partial charge is 0.363 e. The van der Waals surface area contributed by atoms with E-state index in [2.05, 4.69) is 16.8 Å². The summed E-state index contributed by atoms with van der Waals surface area (Å²) in [6, 6.07) is 4.13. The summed E-state index contributed by atoms with van der Waals surface area (Å²) < 4.78 is 5.55. The summed E-state index contributed by atoms with van der Waals surface area (Å²) in [5.74, 6) is -0.0198. The van der Waals surface area contributed by atoms with Crippen LogP contribution in [0.5, 0.6) is 0 Å². The van der Waals surface area contributed by atoms with Crippen LogP contribution in [0.15, 0.2) is 17.5 Å². The van der Waals surface area contributed by atoms with Gasteiger partial charge in [0, 0.05) is 17.8 Å². The number of rotatable bonds is 2. The fourth-order valence-electron chi connectivity index (χ4n) is 1.52. The highest BCUT2D eigenvalue weighted by molar-refractivity contribution is 7.09. The number of ether oxygens (including phenoxy) is 1. The van der Waals surface area contributed by atoms with E-state index in [0.29, 0.717) is 6.54 Å². The number of carbonyl (C=O) groups is 1. The molecule has 0 spiro atoms. The first kappa shape index (κ1) is 9.68. The van der Waals surface area contributed by atoms with Gasteiger partial charge < -0.3 is 10.1 Å². The molecule has 1 N–H and O–H groups in total. The topological polar surface area (TPSA) is 38.3 Å². The maximum Gasteiger partial charge on any atom is 0.246 e. The zero-order valence-electron chi connectivity index (χ0n) is 8.08. The molecule has 1 aliphatic heterocycles. The van der Waals surface area contributed by atoms with Gasteiger partial charge in [-0.3, -0.25) is 4.79 Å². The Morgan fingerprint density at radius 3 is 3.14 bits per heavy atom. The van der Waals surface area contributed by atoms with Gasteiger partial charge in [0.1, 0.15) is 6.61 Å². The van der Waals surface area contributed by atoms with Crippen LogP contribution in [0.25, 0.3) is 0 Å². The second-order valence-corrected chi connectivity index (χ2v) is 4.80. The van der Waals surface area contributed by atoms with Gasteiger partial charge in [-0.2, -0.15) is 0 Å². The van der Waals surface area contributed by atoms with E-state index in [9.17, 15) is 4.79 Å². The number of hydrogen-bond acceptors (Lipinski definition) is 3. The van der Waals surface area contributed by atoms with Gasteiger partial charge in [-0.25, -0.2) is 0 Å². The van der Waals surface area contributed by atoms with Crippen LogP contribution in [0.4, 0.5) is 0 Å². The molecule has 2 heterocycles. The maximum absolute atomic E-state index is 10.9. The lowest BCUT2D eigenvalue weighted by atomic mass is 10.00. The van der Waals surface area contributed by atoms with Gasteiger partial charge in [-0.1, -0.05) is 6.07 Å². The van der Waals surface area contributed by atoms with Crippen molar-refractivity contribution in [1.82, 2.24) is 5.32 Å². The normalized spacial score (nSPS) is 27.4. The molecule has 0 bridgehead atoms. The van der Waals surface area contributed by atoms with Crippen molar-refractivity contribution in [2.45, 2.75) is 18.9 Å². The van der Waals surface area contributed by atoms with Crippen LogP contribution >= 0.6 is 11.3 Å². The molecule has 0 saturated carbocycles. The lowest BCUT2D eigenvalue weighted by molar-refractivity contribution is -0.141. The zero-order chi connectivity index (χ0) is 10.0. The summed E-state index contributed by atoms with van der Waals surface area (Å²) in [6.45, 7) is 2.82. The smallest absolute Gasteiger partial charge is 0.246 e. The van der Waals surface area contributed by atoms with Crippen molar-refractivity contribution in [3.8, 4) is 0 Å². The Labute approximate surface area is 87.1 Å². The number of thiophene rings is 1. The minimum atomic E-state index is -0.237. The predicted molar refractivity (Wildman–Crippen MR) is 55.4 cm³/mol. The first-order chi connectivity index (χ1) is 6.68. The molecule has 0 radical (unpaired) electrons. The summed E-state index contributed by atoms with van der Waals surface area (Å²) in [5.41, 5.74) is -0.237. The van der Waals surface area contributed by atoms with E-state index in [-0.39, 0.29) is 18.1 Å². The third kappa shape index (κ3) is 2.13. The van der Waals surface area contributed by atoms with E-state index >= 15 is 0 Å². The van der Waals surface area contributed by atoms with E-state index in [1.54, 1.807) is 11.3 Å². The molecule has 76 valence electrons. The second-order valence-electron chi connectivity index (χ2n) is 3.77. The molecule has 3 nitrogen and oxygen atoms in total. The molecule has 1 aromatic rings. The molecule has 1 fully saturated rings. The molecule has 0 aromatic carbocycles. The minimum absolute atomic E-state index is 0.0198. The average Bonchev–Trinajstić information content (AvgIpc) is 2.63. The van der Waals surface area contributed by atoms with Gasteiger partial charge in [-0.15, -0.1) is 11.3 Å². The van der Waals surface area contributed by atoms with Gasteiger partial charge in [0.15, 0.2) is 0 Å². The molecule has 1 saturated heterocycles. The molecule has 1 unspecified atom stereocenters. The van der Waals surface area contributed by atoms with Crippen molar-refractivity contribution in [3.63, 3.8) is 0 Å². The SMILES string of the molecule is CC1(Cc2cccs2)CNC(=O)CO1. The van der Waals surface area contributed by atoms with Crippen LogP contribution in [-0.4, -0.2) is 24.7 Å². The molecule has 1 aromatic heterocycles. The Bertz CT molecular complexity index is 311. The van der Waals surface area contributed by atoms with E-state index in [0.717, 1.165) is 6.42 Å². The van der Waals surface area contributed by atoms with Gasteiger partial charge in [0.2, 0.25) is 5.91 Å². The average molecular weight is 211 g/mol. The quantitative estimate of drug-likeness (QED) is 0.798. The predicted octanol–water partition coefficient (Wildman–Crippen LogP) is 1.20. The van der Waals surface area contributed by atoms with Gasteiger partial charge >= 0.3 is 0 Å². The first-order valence-corrected chi connectivity index (χ1v) is 5.49. The summed E-state index contributed by atoms with van der Waals surface area (Å²) in [5, 5.41) is 4.88. The molecule has 1 amide bonds. The Morgan fingerprint density at radius 2 is 2.57 bits per heavy atom. The lowest BCUT2D eigenvalue weighted by Crippen LogP contribution is -2.51. The minimum Gasteiger partial charge on any atom is -0.363 e. The molecule has 4 heteroatoms.